The Hall–Kier alpha value is -1.10. The molecular weight excluding hydrogens is 232 g/mol. The van der Waals surface area contributed by atoms with E-state index in [0.29, 0.717) is 10.6 Å². The average Bonchev–Trinajstić information content (AvgIpc) is 2.26. The van der Waals surface area contributed by atoms with Crippen LogP contribution in [0.4, 0.5) is 0 Å². The van der Waals surface area contributed by atoms with Gasteiger partial charge < -0.3 is 14.9 Å². The summed E-state index contributed by atoms with van der Waals surface area (Å²) in [5, 5.41) is 19.4. The molecule has 0 bridgehead atoms. The minimum Gasteiger partial charge on any atom is -0.479 e. The van der Waals surface area contributed by atoms with Gasteiger partial charge in [-0.05, 0) is 24.6 Å². The van der Waals surface area contributed by atoms with Gasteiger partial charge in [0.1, 0.15) is 6.10 Å². The fourth-order valence-electron chi connectivity index (χ4n) is 1.31. The molecule has 0 aliphatic carbocycles. The molecule has 1 rings (SSSR count). The van der Waals surface area contributed by atoms with E-state index in [-0.39, 0.29) is 0 Å². The van der Waals surface area contributed by atoms with Crippen molar-refractivity contribution in [3.8, 4) is 0 Å². The number of methoxy groups -OCH3 is 1. The Morgan fingerprint density at radius 2 is 2.19 bits per heavy atom. The Kier molecular flexibility index (Phi) is 3.91. The van der Waals surface area contributed by atoms with Crippen molar-refractivity contribution in [2.24, 2.45) is 0 Å². The summed E-state index contributed by atoms with van der Waals surface area (Å²) in [4.78, 5) is 11.0. The standard InChI is InChI=1S/C11H13ClO4/c1-11(16-2,10(14)15)9(13)7-4-3-5-8(12)6-7/h3-6,9,13H,1-2H3,(H,14,15). The second kappa shape index (κ2) is 4.82. The quantitative estimate of drug-likeness (QED) is 0.849. The maximum Gasteiger partial charge on any atom is 0.338 e. The zero-order valence-corrected chi connectivity index (χ0v) is 9.73. The van der Waals surface area contributed by atoms with Gasteiger partial charge in [-0.15, -0.1) is 0 Å². The van der Waals surface area contributed by atoms with Gasteiger partial charge >= 0.3 is 5.97 Å². The zero-order chi connectivity index (χ0) is 12.3. The minimum absolute atomic E-state index is 0.402. The van der Waals surface area contributed by atoms with Crippen LogP contribution in [-0.4, -0.2) is 28.9 Å². The number of carboxylic acids is 1. The van der Waals surface area contributed by atoms with Crippen molar-refractivity contribution in [3.63, 3.8) is 0 Å². The van der Waals surface area contributed by atoms with Gasteiger partial charge in [-0.25, -0.2) is 4.79 Å². The molecule has 0 fully saturated rings. The molecule has 0 heterocycles. The van der Waals surface area contributed by atoms with Gasteiger partial charge in [-0.2, -0.15) is 0 Å². The van der Waals surface area contributed by atoms with Gasteiger partial charge in [0.2, 0.25) is 0 Å². The summed E-state index contributed by atoms with van der Waals surface area (Å²) in [6.45, 7) is 1.31. The highest BCUT2D eigenvalue weighted by atomic mass is 35.5. The van der Waals surface area contributed by atoms with Crippen molar-refractivity contribution < 1.29 is 19.7 Å². The first-order chi connectivity index (χ1) is 7.41. The molecule has 16 heavy (non-hydrogen) atoms. The van der Waals surface area contributed by atoms with E-state index in [9.17, 15) is 9.90 Å². The fourth-order valence-corrected chi connectivity index (χ4v) is 1.51. The van der Waals surface area contributed by atoms with Crippen LogP contribution in [0.15, 0.2) is 24.3 Å². The largest absolute Gasteiger partial charge is 0.479 e. The summed E-state index contributed by atoms with van der Waals surface area (Å²) in [5.74, 6) is -1.23. The van der Waals surface area contributed by atoms with Gasteiger partial charge in [0.15, 0.2) is 5.60 Å². The third-order valence-corrected chi connectivity index (χ3v) is 2.77. The van der Waals surface area contributed by atoms with Crippen molar-refractivity contribution in [1.82, 2.24) is 0 Å². The number of benzene rings is 1. The lowest BCUT2D eigenvalue weighted by Crippen LogP contribution is -2.43. The Morgan fingerprint density at radius 3 is 2.62 bits per heavy atom. The highest BCUT2D eigenvalue weighted by Gasteiger charge is 2.42. The molecule has 88 valence electrons. The van der Waals surface area contributed by atoms with Crippen molar-refractivity contribution in [2.75, 3.05) is 7.11 Å². The number of hydrogen-bond donors (Lipinski definition) is 2. The van der Waals surface area contributed by atoms with E-state index in [1.54, 1.807) is 18.2 Å². The molecule has 0 radical (unpaired) electrons. The fraction of sp³-hybridized carbons (Fsp3) is 0.364. The van der Waals surface area contributed by atoms with Crippen LogP contribution in [0.3, 0.4) is 0 Å². The third kappa shape index (κ3) is 2.35. The Balaban J connectivity index is 3.09. The molecule has 0 aromatic heterocycles. The summed E-state index contributed by atoms with van der Waals surface area (Å²) >= 11 is 5.76. The Morgan fingerprint density at radius 1 is 1.56 bits per heavy atom. The number of rotatable bonds is 4. The molecule has 5 heteroatoms. The molecule has 0 amide bonds. The first-order valence-corrected chi connectivity index (χ1v) is 5.01. The number of aliphatic hydroxyl groups excluding tert-OH is 1. The maximum atomic E-state index is 11.0. The molecular formula is C11H13ClO4. The lowest BCUT2D eigenvalue weighted by atomic mass is 9.93. The molecule has 2 unspecified atom stereocenters. The smallest absolute Gasteiger partial charge is 0.338 e. The van der Waals surface area contributed by atoms with Crippen molar-refractivity contribution in [1.29, 1.82) is 0 Å². The molecule has 1 aromatic carbocycles. The van der Waals surface area contributed by atoms with Crippen LogP contribution < -0.4 is 0 Å². The van der Waals surface area contributed by atoms with Crippen molar-refractivity contribution in [2.45, 2.75) is 18.6 Å². The van der Waals surface area contributed by atoms with Crippen molar-refractivity contribution >= 4 is 17.6 Å². The van der Waals surface area contributed by atoms with Gasteiger partial charge in [-0.3, -0.25) is 0 Å². The van der Waals surface area contributed by atoms with Gasteiger partial charge in [-0.1, -0.05) is 23.7 Å². The molecule has 0 aliphatic rings. The Labute approximate surface area is 98.4 Å². The SMILES string of the molecule is COC(C)(C(=O)O)C(O)c1cccc(Cl)c1. The predicted octanol–water partition coefficient (Wildman–Crippen LogP) is 1.86. The molecule has 0 saturated carbocycles. The van der Waals surface area contributed by atoms with Crippen molar-refractivity contribution in [3.05, 3.63) is 34.9 Å². The number of halogens is 1. The topological polar surface area (TPSA) is 66.8 Å². The number of carboxylic acid groups (broad SMARTS) is 1. The second-order valence-corrected chi connectivity index (χ2v) is 4.01. The van der Waals surface area contributed by atoms with E-state index in [1.165, 1.54) is 20.1 Å². The maximum absolute atomic E-state index is 11.0. The van der Waals surface area contributed by atoms with E-state index in [1.807, 2.05) is 0 Å². The first kappa shape index (κ1) is 13.0. The van der Waals surface area contributed by atoms with Crippen LogP contribution in [0.25, 0.3) is 0 Å². The van der Waals surface area contributed by atoms with Gasteiger partial charge in [0.05, 0.1) is 0 Å². The Bertz CT molecular complexity index is 393. The number of carbonyl (C=O) groups is 1. The number of hydrogen-bond acceptors (Lipinski definition) is 3. The normalized spacial score (nSPS) is 16.5. The third-order valence-electron chi connectivity index (χ3n) is 2.53. The molecule has 0 aliphatic heterocycles. The first-order valence-electron chi connectivity index (χ1n) is 4.64. The van der Waals surface area contributed by atoms with E-state index >= 15 is 0 Å². The predicted molar refractivity (Wildman–Crippen MR) is 59.5 cm³/mol. The lowest BCUT2D eigenvalue weighted by molar-refractivity contribution is -0.174. The lowest BCUT2D eigenvalue weighted by Gasteiger charge is -2.29. The molecule has 2 atom stereocenters. The number of ether oxygens (including phenoxy) is 1. The van der Waals surface area contributed by atoms with Crippen LogP contribution >= 0.6 is 11.6 Å². The van der Waals surface area contributed by atoms with Crippen LogP contribution in [-0.2, 0) is 9.53 Å². The molecule has 0 spiro atoms. The van der Waals surface area contributed by atoms with E-state index < -0.39 is 17.7 Å². The van der Waals surface area contributed by atoms with E-state index in [4.69, 9.17) is 21.4 Å². The zero-order valence-electron chi connectivity index (χ0n) is 8.98. The molecule has 0 saturated heterocycles. The molecule has 2 N–H and O–H groups in total. The average molecular weight is 245 g/mol. The molecule has 1 aromatic rings. The van der Waals surface area contributed by atoms with Gasteiger partial charge in [0, 0.05) is 12.1 Å². The summed E-state index contributed by atoms with van der Waals surface area (Å²) in [6.07, 6.45) is -1.28. The number of aliphatic carboxylic acids is 1. The monoisotopic (exact) mass is 244 g/mol. The van der Waals surface area contributed by atoms with Crippen LogP contribution in [0.2, 0.25) is 5.02 Å². The summed E-state index contributed by atoms with van der Waals surface area (Å²) in [7, 11) is 1.24. The summed E-state index contributed by atoms with van der Waals surface area (Å²) in [5.41, 5.74) is -1.29. The van der Waals surface area contributed by atoms with Crippen LogP contribution in [0, 0.1) is 0 Å². The summed E-state index contributed by atoms with van der Waals surface area (Å²) < 4.78 is 4.86. The number of aliphatic hydroxyl groups is 1. The second-order valence-electron chi connectivity index (χ2n) is 3.57. The van der Waals surface area contributed by atoms with E-state index in [2.05, 4.69) is 0 Å². The highest BCUT2D eigenvalue weighted by Crippen LogP contribution is 2.30. The molecule has 4 nitrogen and oxygen atoms in total. The summed E-state index contributed by atoms with van der Waals surface area (Å²) in [6, 6.07) is 6.38. The van der Waals surface area contributed by atoms with Gasteiger partial charge in [0.25, 0.3) is 0 Å². The van der Waals surface area contributed by atoms with Crippen LogP contribution in [0.1, 0.15) is 18.6 Å². The van der Waals surface area contributed by atoms with Crippen LogP contribution in [0.5, 0.6) is 0 Å². The highest BCUT2D eigenvalue weighted by molar-refractivity contribution is 6.30. The van der Waals surface area contributed by atoms with E-state index in [0.717, 1.165) is 0 Å². The minimum atomic E-state index is -1.69.